The van der Waals surface area contributed by atoms with Crippen molar-refractivity contribution in [3.8, 4) is 28.4 Å². The molecular weight excluding hydrogens is 1010 g/mol. The highest BCUT2D eigenvalue weighted by Crippen LogP contribution is 2.43. The Kier molecular flexibility index (Phi) is 17.9. The van der Waals surface area contributed by atoms with Crippen LogP contribution in [0.4, 0.5) is 17.1 Å². The van der Waals surface area contributed by atoms with E-state index in [2.05, 4.69) is 31.6 Å². The minimum absolute atomic E-state index is 0.00843. The van der Waals surface area contributed by atoms with Gasteiger partial charge in [0.15, 0.2) is 12.4 Å². The molecule has 5 aromatic carbocycles. The third-order valence-electron chi connectivity index (χ3n) is 13.5. The fraction of sp³-hybridized carbons (Fsp3) is 0.276. The SMILES string of the molecule is COc1cc(NC(=O)c2ccccn2)ccc1NC(=O)c1ccc(NC(=O)COCC(=O)NCCNC(=O)COc2ccc(-c3cccc(COc4cc5c(c(C)c4C)C(=O)C(C4CCCC4)C5)c3)cc2C(=O)[O-])cc1Cl. The first-order chi connectivity index (χ1) is 37.1. The van der Waals surface area contributed by atoms with Crippen LogP contribution in [0.3, 0.4) is 0 Å². The van der Waals surface area contributed by atoms with E-state index in [0.717, 1.165) is 58.4 Å². The highest BCUT2D eigenvalue weighted by molar-refractivity contribution is 6.34. The summed E-state index contributed by atoms with van der Waals surface area (Å²) in [5.74, 6) is -2.51. The molecule has 0 aliphatic heterocycles. The van der Waals surface area contributed by atoms with E-state index in [-0.39, 0.29) is 70.4 Å². The Morgan fingerprint density at radius 1 is 0.675 bits per heavy atom. The molecule has 0 spiro atoms. The van der Waals surface area contributed by atoms with Crippen molar-refractivity contribution in [1.29, 1.82) is 0 Å². The molecule has 0 bridgehead atoms. The fourth-order valence-corrected chi connectivity index (χ4v) is 9.74. The summed E-state index contributed by atoms with van der Waals surface area (Å²) in [5.41, 5.74) is 7.03. The minimum Gasteiger partial charge on any atom is -0.545 e. The van der Waals surface area contributed by atoms with Crippen molar-refractivity contribution >= 4 is 70.0 Å². The van der Waals surface area contributed by atoms with Crippen molar-refractivity contribution < 1.29 is 57.6 Å². The molecular formula is C58H56ClN6O12-. The molecule has 5 N–H and O–H groups in total. The van der Waals surface area contributed by atoms with Crippen molar-refractivity contribution in [3.63, 3.8) is 0 Å². The number of carboxylic acids is 1. The minimum atomic E-state index is -1.49. The Hall–Kier alpha value is -8.61. The average molecular weight is 1060 g/mol. The van der Waals surface area contributed by atoms with Crippen LogP contribution in [0.15, 0.2) is 109 Å². The van der Waals surface area contributed by atoms with Gasteiger partial charge in [-0.15, -0.1) is 0 Å². The molecule has 18 nitrogen and oxygen atoms in total. The standard InChI is InChI=1S/C58H57ClN6O12/c1-33-34(2)54-39(25-43(55(54)69)36-10-4-5-11-36)26-49(33)76-29-35-9-8-12-37(23-35)38-14-19-48(44(24-38)58(72)73)77-32-52(67)62-22-21-61-51(66)30-75-31-53(68)63-40-15-17-42(45(59)27-40)56(70)65-46-18-16-41(28-50(46)74-3)64-57(71)47-13-6-7-20-60-47/h6-9,12-20,23-24,26-28,36,43H,4-5,10-11,21-22,25,29-32H2,1-3H3,(H,61,66)(H,62,67)(H,63,68)(H,64,71)(H,65,70)(H,72,73)/p-1. The van der Waals surface area contributed by atoms with Gasteiger partial charge in [-0.05, 0) is 139 Å². The van der Waals surface area contributed by atoms with Crippen LogP contribution in [0.1, 0.15) is 89.5 Å². The molecule has 6 aromatic rings. The Morgan fingerprint density at radius 3 is 2.13 bits per heavy atom. The van der Waals surface area contributed by atoms with Crippen LogP contribution >= 0.6 is 11.6 Å². The number of ketones is 1. The summed E-state index contributed by atoms with van der Waals surface area (Å²) in [6.07, 6.45) is 6.85. The van der Waals surface area contributed by atoms with Crippen LogP contribution in [0.2, 0.25) is 5.02 Å². The number of aromatic carboxylic acids is 1. The number of hydrogen-bond acceptors (Lipinski definition) is 13. The zero-order valence-electron chi connectivity index (χ0n) is 42.5. The summed E-state index contributed by atoms with van der Waals surface area (Å²) in [6, 6.07) is 28.0. The maximum Gasteiger partial charge on any atom is 0.274 e. The monoisotopic (exact) mass is 1060 g/mol. The van der Waals surface area contributed by atoms with Gasteiger partial charge in [0.1, 0.15) is 42.8 Å². The maximum absolute atomic E-state index is 13.4. The van der Waals surface area contributed by atoms with Crippen LogP contribution in [0.25, 0.3) is 11.1 Å². The van der Waals surface area contributed by atoms with E-state index in [9.17, 15) is 38.7 Å². The van der Waals surface area contributed by atoms with Gasteiger partial charge in [0, 0.05) is 53.8 Å². The first-order valence-electron chi connectivity index (χ1n) is 25.0. The first-order valence-corrected chi connectivity index (χ1v) is 25.3. The zero-order chi connectivity index (χ0) is 54.6. The van der Waals surface area contributed by atoms with Gasteiger partial charge in [-0.1, -0.05) is 54.8 Å². The number of halogens is 1. The van der Waals surface area contributed by atoms with Gasteiger partial charge in [0.2, 0.25) is 11.8 Å². The van der Waals surface area contributed by atoms with Gasteiger partial charge in [-0.3, -0.25) is 33.8 Å². The second-order valence-electron chi connectivity index (χ2n) is 18.6. The van der Waals surface area contributed by atoms with Crippen LogP contribution < -0.4 is 45.9 Å². The molecule has 1 unspecified atom stereocenters. The fourth-order valence-electron chi connectivity index (χ4n) is 9.47. The van der Waals surface area contributed by atoms with Gasteiger partial charge in [-0.25, -0.2) is 0 Å². The van der Waals surface area contributed by atoms with Gasteiger partial charge >= 0.3 is 0 Å². The molecule has 2 aliphatic rings. The van der Waals surface area contributed by atoms with Crippen molar-refractivity contribution in [2.24, 2.45) is 11.8 Å². The van der Waals surface area contributed by atoms with Crippen LogP contribution in [0.5, 0.6) is 17.2 Å². The number of fused-ring (bicyclic) bond motifs is 1. The maximum atomic E-state index is 13.4. The summed E-state index contributed by atoms with van der Waals surface area (Å²) >= 11 is 6.41. The molecule has 1 saturated carbocycles. The highest BCUT2D eigenvalue weighted by atomic mass is 35.5. The predicted octanol–water partition coefficient (Wildman–Crippen LogP) is 7.29. The molecule has 1 heterocycles. The quantitative estimate of drug-likeness (QED) is 0.0420. The topological polar surface area (TPSA) is 253 Å². The number of nitrogens with one attached hydrogen (secondary N) is 5. The van der Waals surface area contributed by atoms with Crippen LogP contribution in [-0.4, -0.2) is 86.3 Å². The molecule has 1 atom stereocenters. The Bertz CT molecular complexity index is 3230. The number of carbonyl (C=O) groups is 7. The first kappa shape index (κ1) is 54.6. The summed E-state index contributed by atoms with van der Waals surface area (Å²) in [5, 5.41) is 25.4. The lowest BCUT2D eigenvalue weighted by Gasteiger charge is -2.16. The van der Waals surface area contributed by atoms with E-state index >= 15 is 0 Å². The van der Waals surface area contributed by atoms with Gasteiger partial charge in [-0.2, -0.15) is 0 Å². The molecule has 8 rings (SSSR count). The number of methoxy groups -OCH3 is 1. The number of nitrogens with zero attached hydrogens (tertiary/aromatic N) is 1. The number of rotatable bonds is 22. The van der Waals surface area contributed by atoms with Crippen molar-refractivity contribution in [1.82, 2.24) is 15.6 Å². The van der Waals surface area contributed by atoms with E-state index in [4.69, 9.17) is 30.5 Å². The van der Waals surface area contributed by atoms with Gasteiger partial charge in [0.25, 0.3) is 17.7 Å². The van der Waals surface area contributed by atoms with Gasteiger partial charge in [0.05, 0.1) is 29.4 Å². The number of carboxylic acid groups (broad SMARTS) is 1. The molecule has 0 radical (unpaired) electrons. The number of carbonyl (C=O) groups excluding carboxylic acids is 7. The van der Waals surface area contributed by atoms with E-state index in [1.807, 2.05) is 44.2 Å². The zero-order valence-corrected chi connectivity index (χ0v) is 43.3. The van der Waals surface area contributed by atoms with E-state index in [0.29, 0.717) is 22.9 Å². The molecule has 1 aromatic heterocycles. The average Bonchev–Trinajstić information content (AvgIpc) is 4.11. The van der Waals surface area contributed by atoms with E-state index < -0.39 is 55.3 Å². The van der Waals surface area contributed by atoms with E-state index in [1.165, 1.54) is 62.5 Å². The Morgan fingerprint density at radius 2 is 1.40 bits per heavy atom. The summed E-state index contributed by atoms with van der Waals surface area (Å²) in [4.78, 5) is 92.9. The van der Waals surface area contributed by atoms with Crippen molar-refractivity contribution in [2.75, 3.05) is 56.0 Å². The third kappa shape index (κ3) is 13.8. The summed E-state index contributed by atoms with van der Waals surface area (Å²) in [7, 11) is 1.41. The lowest BCUT2D eigenvalue weighted by molar-refractivity contribution is -0.255. The molecule has 398 valence electrons. The van der Waals surface area contributed by atoms with Gasteiger partial charge < -0.3 is 55.4 Å². The molecule has 5 amide bonds. The van der Waals surface area contributed by atoms with Crippen molar-refractivity contribution in [2.45, 2.75) is 52.6 Å². The number of pyridine rings is 1. The lowest BCUT2D eigenvalue weighted by atomic mass is 9.87. The number of anilines is 3. The highest BCUT2D eigenvalue weighted by Gasteiger charge is 2.39. The van der Waals surface area contributed by atoms with E-state index in [1.54, 1.807) is 36.4 Å². The second kappa shape index (κ2) is 25.3. The number of amides is 5. The predicted molar refractivity (Wildman–Crippen MR) is 285 cm³/mol. The number of ether oxygens (including phenoxy) is 4. The van der Waals surface area contributed by atoms with Crippen LogP contribution in [0, 0.1) is 25.7 Å². The smallest absolute Gasteiger partial charge is 0.274 e. The number of hydrogen-bond donors (Lipinski definition) is 5. The van der Waals surface area contributed by atoms with Crippen molar-refractivity contribution in [3.05, 3.63) is 159 Å². The third-order valence-corrected chi connectivity index (χ3v) is 13.8. The molecule has 19 heteroatoms. The Labute approximate surface area is 449 Å². The largest absolute Gasteiger partial charge is 0.545 e. The Balaban J connectivity index is 0.729. The normalized spacial score (nSPS) is 13.8. The lowest BCUT2D eigenvalue weighted by Crippen LogP contribution is -2.38. The summed E-state index contributed by atoms with van der Waals surface area (Å²) < 4.78 is 22.6. The summed E-state index contributed by atoms with van der Waals surface area (Å²) in [6.45, 7) is 2.78. The molecule has 2 aliphatic carbocycles. The number of benzene rings is 5. The molecule has 0 saturated heterocycles. The molecule has 1 fully saturated rings. The van der Waals surface area contributed by atoms with Crippen LogP contribution in [-0.2, 0) is 32.1 Å². The second-order valence-corrected chi connectivity index (χ2v) is 19.0. The number of aromatic nitrogens is 1. The molecule has 77 heavy (non-hydrogen) atoms. The number of Topliss-reactive ketones (excluding diaryl/α,β-unsaturated/α-hetero) is 1.